The van der Waals surface area contributed by atoms with Crippen LogP contribution in [0.25, 0.3) is 10.6 Å². The number of rotatable bonds is 7. The van der Waals surface area contributed by atoms with E-state index in [1.54, 1.807) is 23.1 Å². The Morgan fingerprint density at radius 2 is 1.97 bits per heavy atom. The summed E-state index contributed by atoms with van der Waals surface area (Å²) >= 11 is 9.19. The molecule has 9 heteroatoms. The summed E-state index contributed by atoms with van der Waals surface area (Å²) in [6.45, 7) is 2.26. The van der Waals surface area contributed by atoms with E-state index in [4.69, 9.17) is 21.3 Å². The molecule has 4 aromatic rings. The molecule has 0 aliphatic heterocycles. The van der Waals surface area contributed by atoms with E-state index in [0.717, 1.165) is 21.4 Å². The van der Waals surface area contributed by atoms with Crippen molar-refractivity contribution < 1.29 is 9.13 Å². The van der Waals surface area contributed by atoms with Gasteiger partial charge in [0.05, 0.1) is 10.7 Å². The maximum Gasteiger partial charge on any atom is 0.191 e. The van der Waals surface area contributed by atoms with Gasteiger partial charge in [0.25, 0.3) is 0 Å². The first-order valence-corrected chi connectivity index (χ1v) is 11.3. The molecule has 0 spiro atoms. The lowest BCUT2D eigenvalue weighted by Gasteiger charge is -2.08. The molecule has 0 bridgehead atoms. The number of thiazole rings is 1. The van der Waals surface area contributed by atoms with E-state index < -0.39 is 5.82 Å². The van der Waals surface area contributed by atoms with Crippen LogP contribution >= 0.6 is 34.7 Å². The number of nitrogens with zero attached hydrogens (tertiary/aromatic N) is 4. The van der Waals surface area contributed by atoms with E-state index in [2.05, 4.69) is 46.8 Å². The Morgan fingerprint density at radius 3 is 2.73 bits per heavy atom. The molecular weight excluding hydrogens is 443 g/mol. The number of hydrogen-bond acceptors (Lipinski definition) is 6. The summed E-state index contributed by atoms with van der Waals surface area (Å²) in [5.74, 6) is 1.34. The molecule has 0 fully saturated rings. The van der Waals surface area contributed by atoms with Crippen LogP contribution in [-0.4, -0.2) is 19.7 Å². The quantitative estimate of drug-likeness (QED) is 0.321. The number of thioether (sulfide) groups is 1. The Hall–Kier alpha value is -2.42. The van der Waals surface area contributed by atoms with Gasteiger partial charge in [0.2, 0.25) is 0 Å². The summed E-state index contributed by atoms with van der Waals surface area (Å²) < 4.78 is 20.7. The number of aromatic nitrogens is 4. The van der Waals surface area contributed by atoms with E-state index >= 15 is 0 Å². The third-order valence-electron chi connectivity index (χ3n) is 4.38. The lowest BCUT2D eigenvalue weighted by Crippen LogP contribution is -2.04. The third-order valence-corrected chi connectivity index (χ3v) is 6.66. The van der Waals surface area contributed by atoms with Gasteiger partial charge in [-0.25, -0.2) is 9.37 Å². The summed E-state index contributed by atoms with van der Waals surface area (Å²) in [6.07, 6.45) is 0. The molecule has 30 heavy (non-hydrogen) atoms. The lowest BCUT2D eigenvalue weighted by molar-refractivity contribution is 0.290. The second-order valence-corrected chi connectivity index (χ2v) is 8.83. The van der Waals surface area contributed by atoms with Crippen LogP contribution in [0, 0.1) is 12.7 Å². The number of benzene rings is 2. The maximum absolute atomic E-state index is 13.1. The van der Waals surface area contributed by atoms with Crippen molar-refractivity contribution in [2.24, 2.45) is 7.05 Å². The molecule has 0 saturated heterocycles. The first-order valence-electron chi connectivity index (χ1n) is 9.10. The fourth-order valence-corrected chi connectivity index (χ4v) is 4.65. The highest BCUT2D eigenvalue weighted by Crippen LogP contribution is 2.28. The highest BCUT2D eigenvalue weighted by Gasteiger charge is 2.13. The number of hydrogen-bond donors (Lipinski definition) is 0. The second kappa shape index (κ2) is 9.16. The van der Waals surface area contributed by atoms with Crippen LogP contribution < -0.4 is 4.74 Å². The highest BCUT2D eigenvalue weighted by atomic mass is 35.5. The molecule has 154 valence electrons. The SMILES string of the molecule is Cc1ccc(-c2nc(CSc3nnc(COc4ccc(F)cc4Cl)n3C)cs2)cc1. The largest absolute Gasteiger partial charge is 0.484 e. The molecule has 4 rings (SSSR count). The molecule has 0 saturated carbocycles. The molecule has 0 atom stereocenters. The Morgan fingerprint density at radius 1 is 1.17 bits per heavy atom. The molecule has 0 aliphatic rings. The van der Waals surface area contributed by atoms with Gasteiger partial charge in [0.15, 0.2) is 11.0 Å². The van der Waals surface area contributed by atoms with Gasteiger partial charge in [0.1, 0.15) is 23.2 Å². The fraction of sp³-hybridized carbons (Fsp3) is 0.190. The average Bonchev–Trinajstić information content (AvgIpc) is 3.33. The van der Waals surface area contributed by atoms with E-state index in [9.17, 15) is 4.39 Å². The monoisotopic (exact) mass is 460 g/mol. The zero-order valence-corrected chi connectivity index (χ0v) is 18.7. The molecule has 0 unspecified atom stereocenters. The molecule has 5 nitrogen and oxygen atoms in total. The van der Waals surface area contributed by atoms with Crippen molar-refractivity contribution in [2.75, 3.05) is 0 Å². The Kier molecular flexibility index (Phi) is 6.36. The summed E-state index contributed by atoms with van der Waals surface area (Å²) in [4.78, 5) is 4.72. The van der Waals surface area contributed by atoms with Gasteiger partial charge in [-0.3, -0.25) is 0 Å². The van der Waals surface area contributed by atoms with Crippen molar-refractivity contribution >= 4 is 34.7 Å². The van der Waals surface area contributed by atoms with Crippen LogP contribution in [0.2, 0.25) is 5.02 Å². The zero-order valence-electron chi connectivity index (χ0n) is 16.3. The molecule has 2 aromatic carbocycles. The van der Waals surface area contributed by atoms with Crippen molar-refractivity contribution in [3.05, 3.63) is 75.8 Å². The van der Waals surface area contributed by atoms with Gasteiger partial charge in [-0.2, -0.15) is 0 Å². The van der Waals surface area contributed by atoms with Crippen LogP contribution in [0.5, 0.6) is 5.75 Å². The van der Waals surface area contributed by atoms with E-state index in [-0.39, 0.29) is 11.6 Å². The molecule has 2 heterocycles. The van der Waals surface area contributed by atoms with Gasteiger partial charge < -0.3 is 9.30 Å². The summed E-state index contributed by atoms with van der Waals surface area (Å²) in [6, 6.07) is 12.4. The van der Waals surface area contributed by atoms with Crippen LogP contribution in [-0.2, 0) is 19.4 Å². The summed E-state index contributed by atoms with van der Waals surface area (Å²) in [7, 11) is 1.88. The zero-order chi connectivity index (χ0) is 21.1. The summed E-state index contributed by atoms with van der Waals surface area (Å²) in [5, 5.41) is 12.5. The van der Waals surface area contributed by atoms with E-state index in [0.29, 0.717) is 17.3 Å². The Balaban J connectivity index is 1.37. The minimum absolute atomic E-state index is 0.184. The summed E-state index contributed by atoms with van der Waals surface area (Å²) in [5.41, 5.74) is 3.36. The van der Waals surface area contributed by atoms with Crippen LogP contribution in [0.15, 0.2) is 53.0 Å². The molecule has 0 amide bonds. The van der Waals surface area contributed by atoms with E-state index in [1.165, 1.54) is 23.8 Å². The molecular formula is C21H18ClFN4OS2. The van der Waals surface area contributed by atoms with Crippen LogP contribution in [0.3, 0.4) is 0 Å². The highest BCUT2D eigenvalue weighted by molar-refractivity contribution is 7.98. The van der Waals surface area contributed by atoms with Gasteiger partial charge in [-0.05, 0) is 25.1 Å². The Labute approximate surface area is 186 Å². The van der Waals surface area contributed by atoms with Crippen LogP contribution in [0.1, 0.15) is 17.1 Å². The maximum atomic E-state index is 13.1. The van der Waals surface area contributed by atoms with Gasteiger partial charge >= 0.3 is 0 Å². The molecule has 0 aliphatic carbocycles. The van der Waals surface area contributed by atoms with Crippen molar-refractivity contribution in [2.45, 2.75) is 24.4 Å². The first-order chi connectivity index (χ1) is 14.5. The third kappa shape index (κ3) is 4.83. The van der Waals surface area contributed by atoms with Gasteiger partial charge in [-0.15, -0.1) is 21.5 Å². The molecule has 0 N–H and O–H groups in total. The van der Waals surface area contributed by atoms with Crippen molar-refractivity contribution in [1.29, 1.82) is 0 Å². The predicted octanol–water partition coefficient (Wildman–Crippen LogP) is 5.91. The van der Waals surface area contributed by atoms with Crippen molar-refractivity contribution in [1.82, 2.24) is 19.7 Å². The minimum Gasteiger partial charge on any atom is -0.484 e. The standard InChI is InChI=1S/C21H18ClFN4OS2/c1-13-3-5-14(6-4-13)20-24-16(11-29-20)12-30-21-26-25-19(27(21)2)10-28-18-8-7-15(23)9-17(18)22/h3-9,11H,10,12H2,1-2H3. The normalized spacial score (nSPS) is 11.1. The smallest absolute Gasteiger partial charge is 0.191 e. The van der Waals surface area contributed by atoms with Crippen molar-refractivity contribution in [3.63, 3.8) is 0 Å². The molecule has 0 radical (unpaired) electrons. The van der Waals surface area contributed by atoms with Gasteiger partial charge in [-0.1, -0.05) is 53.2 Å². The first kappa shape index (κ1) is 20.8. The predicted molar refractivity (Wildman–Crippen MR) is 119 cm³/mol. The minimum atomic E-state index is -0.405. The average molecular weight is 461 g/mol. The second-order valence-electron chi connectivity index (χ2n) is 6.62. The van der Waals surface area contributed by atoms with E-state index in [1.807, 2.05) is 11.6 Å². The van der Waals surface area contributed by atoms with Crippen LogP contribution in [0.4, 0.5) is 4.39 Å². The topological polar surface area (TPSA) is 52.8 Å². The molecule has 2 aromatic heterocycles. The van der Waals surface area contributed by atoms with Crippen molar-refractivity contribution in [3.8, 4) is 16.3 Å². The number of ether oxygens (including phenoxy) is 1. The van der Waals surface area contributed by atoms with Gasteiger partial charge in [0, 0.05) is 23.7 Å². The fourth-order valence-electron chi connectivity index (χ4n) is 2.67. The number of aryl methyl sites for hydroxylation is 1. The Bertz CT molecular complexity index is 1160. The lowest BCUT2D eigenvalue weighted by atomic mass is 10.2. The number of halogens is 2.